The third-order valence-corrected chi connectivity index (χ3v) is 2.02. The van der Waals surface area contributed by atoms with E-state index in [0.29, 0.717) is 0 Å². The average molecular weight is 267 g/mol. The smallest absolute Gasteiger partial charge is 0.311 e. The Morgan fingerprint density at radius 2 is 2.21 bits per heavy atom. The molecule has 0 radical (unpaired) electrons. The molecule has 0 atom stereocenters. The Balaban J connectivity index is 2.50. The molecule has 0 aliphatic rings. The summed E-state index contributed by atoms with van der Waals surface area (Å²) in [6, 6.07) is 2.83. The van der Waals surface area contributed by atoms with Crippen molar-refractivity contribution in [3.63, 3.8) is 0 Å². The summed E-state index contributed by atoms with van der Waals surface area (Å²) in [5, 5.41) is 13.5. The van der Waals surface area contributed by atoms with Gasteiger partial charge in [0.25, 0.3) is 0 Å². The molecule has 0 saturated heterocycles. The van der Waals surface area contributed by atoms with Crippen LogP contribution in [-0.2, 0) is 9.53 Å². The topological polar surface area (TPSA) is 94.4 Å². The quantitative estimate of drug-likeness (QED) is 0.499. The fourth-order valence-electron chi connectivity index (χ4n) is 1.36. The van der Waals surface area contributed by atoms with Gasteiger partial charge in [-0.05, 0) is 26.8 Å². The number of carbonyl (C=O) groups is 1. The Morgan fingerprint density at radius 1 is 1.53 bits per heavy atom. The number of hydrogen-bond donors (Lipinski definition) is 1. The van der Waals surface area contributed by atoms with Crippen LogP contribution in [0.15, 0.2) is 18.3 Å². The summed E-state index contributed by atoms with van der Waals surface area (Å²) >= 11 is 0. The zero-order valence-electron chi connectivity index (χ0n) is 11.2. The molecule has 0 aliphatic carbocycles. The van der Waals surface area contributed by atoms with Gasteiger partial charge in [0.1, 0.15) is 5.60 Å². The monoisotopic (exact) mass is 267 g/mol. The van der Waals surface area contributed by atoms with Gasteiger partial charge in [-0.15, -0.1) is 0 Å². The van der Waals surface area contributed by atoms with E-state index in [2.05, 4.69) is 10.3 Å². The zero-order valence-corrected chi connectivity index (χ0v) is 11.2. The molecular formula is C12H17N3O4. The number of aromatic nitrogens is 1. The van der Waals surface area contributed by atoms with Crippen molar-refractivity contribution in [2.24, 2.45) is 0 Å². The Kier molecular flexibility index (Phi) is 4.80. The molecule has 1 aromatic heterocycles. The molecule has 1 rings (SSSR count). The van der Waals surface area contributed by atoms with Crippen LogP contribution in [-0.4, -0.2) is 28.0 Å². The average Bonchev–Trinajstić information content (AvgIpc) is 2.27. The van der Waals surface area contributed by atoms with Crippen molar-refractivity contribution >= 4 is 17.5 Å². The van der Waals surface area contributed by atoms with Gasteiger partial charge in [0.2, 0.25) is 5.82 Å². The second kappa shape index (κ2) is 6.12. The van der Waals surface area contributed by atoms with Crippen molar-refractivity contribution in [3.05, 3.63) is 28.4 Å². The first kappa shape index (κ1) is 14.9. The van der Waals surface area contributed by atoms with Gasteiger partial charge < -0.3 is 10.1 Å². The normalized spacial score (nSPS) is 10.9. The van der Waals surface area contributed by atoms with E-state index in [9.17, 15) is 14.9 Å². The van der Waals surface area contributed by atoms with Gasteiger partial charge >= 0.3 is 11.7 Å². The van der Waals surface area contributed by atoms with E-state index in [4.69, 9.17) is 4.74 Å². The van der Waals surface area contributed by atoms with E-state index in [0.717, 1.165) is 0 Å². The molecule has 0 unspecified atom stereocenters. The maximum atomic E-state index is 11.5. The number of carbonyl (C=O) groups excluding carboxylic acids is 1. The summed E-state index contributed by atoms with van der Waals surface area (Å²) in [6.07, 6.45) is 1.56. The number of anilines is 1. The second-order valence-electron chi connectivity index (χ2n) is 4.89. The lowest BCUT2D eigenvalue weighted by atomic mass is 10.2. The molecule has 1 heterocycles. The highest BCUT2D eigenvalue weighted by atomic mass is 16.6. The number of rotatable bonds is 5. The molecule has 7 nitrogen and oxygen atoms in total. The molecule has 0 saturated carbocycles. The lowest BCUT2D eigenvalue weighted by Crippen LogP contribution is -2.25. The molecule has 0 spiro atoms. The highest BCUT2D eigenvalue weighted by Crippen LogP contribution is 2.20. The Hall–Kier alpha value is -2.18. The Labute approximate surface area is 111 Å². The molecule has 0 aliphatic heterocycles. The number of ether oxygens (including phenoxy) is 1. The van der Waals surface area contributed by atoms with Gasteiger partial charge in [-0.2, -0.15) is 0 Å². The van der Waals surface area contributed by atoms with Crippen molar-refractivity contribution in [2.75, 3.05) is 11.9 Å². The van der Waals surface area contributed by atoms with Crippen LogP contribution in [0.25, 0.3) is 0 Å². The molecule has 19 heavy (non-hydrogen) atoms. The lowest BCUT2D eigenvalue weighted by Gasteiger charge is -2.19. The van der Waals surface area contributed by atoms with Gasteiger partial charge in [0.05, 0.1) is 11.3 Å². The minimum Gasteiger partial charge on any atom is -0.460 e. The van der Waals surface area contributed by atoms with E-state index in [1.54, 1.807) is 20.8 Å². The number of nitrogens with zero attached hydrogens (tertiary/aromatic N) is 2. The van der Waals surface area contributed by atoms with Gasteiger partial charge in [-0.1, -0.05) is 0 Å². The third kappa shape index (κ3) is 5.33. The zero-order chi connectivity index (χ0) is 14.5. The molecule has 1 aromatic rings. The number of pyridine rings is 1. The van der Waals surface area contributed by atoms with E-state index < -0.39 is 10.5 Å². The first-order chi connectivity index (χ1) is 8.79. The van der Waals surface area contributed by atoms with Crippen molar-refractivity contribution in [3.8, 4) is 0 Å². The summed E-state index contributed by atoms with van der Waals surface area (Å²) in [7, 11) is 0. The number of hydrogen-bond acceptors (Lipinski definition) is 6. The Morgan fingerprint density at radius 3 is 2.79 bits per heavy atom. The van der Waals surface area contributed by atoms with Crippen molar-refractivity contribution in [2.45, 2.75) is 32.8 Å². The highest BCUT2D eigenvalue weighted by molar-refractivity contribution is 5.70. The molecule has 0 fully saturated rings. The summed E-state index contributed by atoms with van der Waals surface area (Å²) in [6.45, 7) is 5.57. The predicted molar refractivity (Wildman–Crippen MR) is 69.8 cm³/mol. The standard InChI is InChI=1S/C12H17N3O4/c1-12(2,3)19-10(16)6-8-14-11-9(15(17)18)5-4-7-13-11/h4-5,7H,6,8H2,1-3H3,(H,13,14). The van der Waals surface area contributed by atoms with Crippen molar-refractivity contribution in [1.82, 2.24) is 4.98 Å². The van der Waals surface area contributed by atoms with Crippen LogP contribution in [0.1, 0.15) is 27.2 Å². The molecule has 1 N–H and O–H groups in total. The predicted octanol–water partition coefficient (Wildman–Crippen LogP) is 2.13. The minimum absolute atomic E-state index is 0.116. The molecule has 0 aromatic carbocycles. The fraction of sp³-hybridized carbons (Fsp3) is 0.500. The van der Waals surface area contributed by atoms with Crippen LogP contribution in [0.2, 0.25) is 0 Å². The van der Waals surface area contributed by atoms with Crippen LogP contribution in [0, 0.1) is 10.1 Å². The summed E-state index contributed by atoms with van der Waals surface area (Å²) in [4.78, 5) is 25.5. The van der Waals surface area contributed by atoms with Crippen LogP contribution < -0.4 is 5.32 Å². The van der Waals surface area contributed by atoms with Crippen molar-refractivity contribution < 1.29 is 14.5 Å². The fourth-order valence-corrected chi connectivity index (χ4v) is 1.36. The first-order valence-electron chi connectivity index (χ1n) is 5.85. The Bertz CT molecular complexity index is 468. The number of nitrogens with one attached hydrogen (secondary N) is 1. The molecule has 7 heteroatoms. The number of esters is 1. The number of nitro groups is 1. The third-order valence-electron chi connectivity index (χ3n) is 2.02. The van der Waals surface area contributed by atoms with E-state index in [1.165, 1.54) is 18.3 Å². The van der Waals surface area contributed by atoms with Crippen LogP contribution in [0.5, 0.6) is 0 Å². The summed E-state index contributed by atoms with van der Waals surface area (Å²) in [5.41, 5.74) is -0.652. The van der Waals surface area contributed by atoms with Gasteiger partial charge in [0, 0.05) is 18.8 Å². The summed E-state index contributed by atoms with van der Waals surface area (Å²) in [5.74, 6) is -0.213. The van der Waals surface area contributed by atoms with Gasteiger partial charge in [-0.25, -0.2) is 4.98 Å². The maximum Gasteiger partial charge on any atom is 0.311 e. The minimum atomic E-state index is -0.534. The largest absolute Gasteiger partial charge is 0.460 e. The van der Waals surface area contributed by atoms with Gasteiger partial charge in [-0.3, -0.25) is 14.9 Å². The molecular weight excluding hydrogens is 250 g/mol. The van der Waals surface area contributed by atoms with Crippen molar-refractivity contribution in [1.29, 1.82) is 0 Å². The molecule has 104 valence electrons. The molecule has 0 bridgehead atoms. The SMILES string of the molecule is CC(C)(C)OC(=O)CCNc1ncccc1[N+](=O)[O-]. The van der Waals surface area contributed by atoms with Gasteiger partial charge in [0.15, 0.2) is 0 Å². The van der Waals surface area contributed by atoms with Crippen LogP contribution in [0.4, 0.5) is 11.5 Å². The second-order valence-corrected chi connectivity index (χ2v) is 4.89. The highest BCUT2D eigenvalue weighted by Gasteiger charge is 2.17. The van der Waals surface area contributed by atoms with Crippen LogP contribution >= 0.6 is 0 Å². The van der Waals surface area contributed by atoms with E-state index in [-0.39, 0.29) is 30.4 Å². The maximum absolute atomic E-state index is 11.5. The lowest BCUT2D eigenvalue weighted by molar-refractivity contribution is -0.384. The molecule has 0 amide bonds. The first-order valence-corrected chi connectivity index (χ1v) is 5.85. The van der Waals surface area contributed by atoms with E-state index in [1.807, 2.05) is 0 Å². The van der Waals surface area contributed by atoms with E-state index >= 15 is 0 Å². The van der Waals surface area contributed by atoms with Crippen LogP contribution in [0.3, 0.4) is 0 Å². The summed E-state index contributed by atoms with van der Waals surface area (Å²) < 4.78 is 5.12.